The van der Waals surface area contributed by atoms with Crippen molar-refractivity contribution in [1.82, 2.24) is 20.5 Å². The molecule has 0 spiro atoms. The van der Waals surface area contributed by atoms with Crippen LogP contribution in [-0.4, -0.2) is 40.5 Å². The molecule has 1 fully saturated rings. The van der Waals surface area contributed by atoms with Gasteiger partial charge in [0.2, 0.25) is 0 Å². The van der Waals surface area contributed by atoms with Gasteiger partial charge in [0, 0.05) is 31.0 Å². The van der Waals surface area contributed by atoms with E-state index in [0.29, 0.717) is 12.1 Å². The number of aromatic nitrogens is 3. The molecule has 2 N–H and O–H groups in total. The van der Waals surface area contributed by atoms with E-state index < -0.39 is 0 Å². The van der Waals surface area contributed by atoms with Gasteiger partial charge in [-0.3, -0.25) is 5.10 Å². The van der Waals surface area contributed by atoms with Crippen molar-refractivity contribution in [2.45, 2.75) is 45.8 Å². The number of H-pyrrole nitrogens is 1. The first-order valence-electron chi connectivity index (χ1n) is 6.33. The van der Waals surface area contributed by atoms with E-state index in [2.05, 4.69) is 41.3 Å². The van der Waals surface area contributed by atoms with E-state index in [1.807, 2.05) is 0 Å². The van der Waals surface area contributed by atoms with Gasteiger partial charge in [-0.15, -0.1) is 0 Å². The van der Waals surface area contributed by atoms with Gasteiger partial charge in [0.25, 0.3) is 0 Å². The topological polar surface area (TPSA) is 62.8 Å². The summed E-state index contributed by atoms with van der Waals surface area (Å²) in [6, 6.07) is 0.543. The third-order valence-corrected chi connectivity index (χ3v) is 3.76. The molecule has 1 saturated carbocycles. The summed E-state index contributed by atoms with van der Waals surface area (Å²) in [5, 5.41) is 10.3. The molecule has 5 heteroatoms. The van der Waals surface area contributed by atoms with Crippen molar-refractivity contribution < 1.29 is 4.74 Å². The second-order valence-electron chi connectivity index (χ2n) is 5.19. The summed E-state index contributed by atoms with van der Waals surface area (Å²) in [5.41, 5.74) is 0.234. The van der Waals surface area contributed by atoms with Crippen molar-refractivity contribution >= 4 is 0 Å². The molecule has 1 aliphatic rings. The fourth-order valence-electron chi connectivity index (χ4n) is 2.43. The van der Waals surface area contributed by atoms with Crippen LogP contribution < -0.4 is 5.32 Å². The van der Waals surface area contributed by atoms with Crippen LogP contribution in [0.5, 0.6) is 0 Å². The van der Waals surface area contributed by atoms with Crippen molar-refractivity contribution in [3.63, 3.8) is 0 Å². The number of aromatic amines is 1. The summed E-state index contributed by atoms with van der Waals surface area (Å²) in [6.45, 7) is 8.33. The monoisotopic (exact) mass is 238 g/mol. The Morgan fingerprint density at radius 2 is 2.41 bits per heavy atom. The van der Waals surface area contributed by atoms with Crippen molar-refractivity contribution in [2.24, 2.45) is 5.41 Å². The van der Waals surface area contributed by atoms with Crippen molar-refractivity contribution in [3.05, 3.63) is 12.2 Å². The van der Waals surface area contributed by atoms with E-state index in [4.69, 9.17) is 4.74 Å². The molecule has 2 rings (SSSR count). The molecule has 0 radical (unpaired) electrons. The molecule has 2 unspecified atom stereocenters. The lowest BCUT2D eigenvalue weighted by atomic mass is 9.64. The van der Waals surface area contributed by atoms with E-state index in [1.54, 1.807) is 6.33 Å². The van der Waals surface area contributed by atoms with E-state index in [-0.39, 0.29) is 5.41 Å². The maximum atomic E-state index is 5.71. The number of nitrogens with zero attached hydrogens (tertiary/aromatic N) is 2. The molecule has 0 bridgehead atoms. The molecule has 0 amide bonds. The molecule has 5 nitrogen and oxygen atoms in total. The van der Waals surface area contributed by atoms with Crippen LogP contribution in [0, 0.1) is 5.41 Å². The fourth-order valence-corrected chi connectivity index (χ4v) is 2.43. The highest BCUT2D eigenvalue weighted by atomic mass is 16.5. The van der Waals surface area contributed by atoms with Crippen LogP contribution in [-0.2, 0) is 11.2 Å². The second kappa shape index (κ2) is 5.14. The number of hydrogen-bond donors (Lipinski definition) is 2. The quantitative estimate of drug-likeness (QED) is 0.780. The van der Waals surface area contributed by atoms with E-state index >= 15 is 0 Å². The zero-order valence-corrected chi connectivity index (χ0v) is 10.9. The third-order valence-electron chi connectivity index (χ3n) is 3.76. The summed E-state index contributed by atoms with van der Waals surface area (Å²) in [5.74, 6) is 0.941. The minimum absolute atomic E-state index is 0.234. The van der Waals surface area contributed by atoms with Gasteiger partial charge in [0.05, 0.1) is 6.10 Å². The van der Waals surface area contributed by atoms with E-state index in [1.165, 1.54) is 0 Å². The van der Waals surface area contributed by atoms with Crippen LogP contribution in [0.15, 0.2) is 6.33 Å². The predicted molar refractivity (Wildman–Crippen MR) is 65.7 cm³/mol. The van der Waals surface area contributed by atoms with Crippen molar-refractivity contribution in [1.29, 1.82) is 0 Å². The van der Waals surface area contributed by atoms with Gasteiger partial charge in [-0.2, -0.15) is 5.10 Å². The highest BCUT2D eigenvalue weighted by molar-refractivity contribution is 5.03. The Bertz CT molecular complexity index is 336. The molecule has 1 aromatic heterocycles. The van der Waals surface area contributed by atoms with Gasteiger partial charge in [-0.1, -0.05) is 13.8 Å². The molecular weight excluding hydrogens is 216 g/mol. The third kappa shape index (κ3) is 2.66. The van der Waals surface area contributed by atoms with Crippen LogP contribution >= 0.6 is 0 Å². The Hall–Kier alpha value is -0.940. The molecule has 2 atom stereocenters. The number of ether oxygens (including phenoxy) is 1. The summed E-state index contributed by atoms with van der Waals surface area (Å²) in [4.78, 5) is 4.11. The van der Waals surface area contributed by atoms with E-state index in [0.717, 1.165) is 31.8 Å². The van der Waals surface area contributed by atoms with Crippen LogP contribution in [0.1, 0.15) is 33.0 Å². The first kappa shape index (κ1) is 12.5. The summed E-state index contributed by atoms with van der Waals surface area (Å²) < 4.78 is 5.71. The summed E-state index contributed by atoms with van der Waals surface area (Å²) in [7, 11) is 0. The lowest BCUT2D eigenvalue weighted by Gasteiger charge is -2.52. The molecular formula is C12H22N4O. The molecule has 0 aliphatic heterocycles. The van der Waals surface area contributed by atoms with Gasteiger partial charge in [0.1, 0.15) is 12.2 Å². The minimum atomic E-state index is 0.234. The summed E-state index contributed by atoms with van der Waals surface area (Å²) >= 11 is 0. The smallest absolute Gasteiger partial charge is 0.137 e. The largest absolute Gasteiger partial charge is 0.378 e. The summed E-state index contributed by atoms with van der Waals surface area (Å²) in [6.07, 6.45) is 3.95. The average molecular weight is 238 g/mol. The molecule has 1 aliphatic carbocycles. The second-order valence-corrected chi connectivity index (χ2v) is 5.19. The number of hydrogen-bond acceptors (Lipinski definition) is 4. The van der Waals surface area contributed by atoms with Crippen LogP contribution in [0.25, 0.3) is 0 Å². The molecule has 17 heavy (non-hydrogen) atoms. The first-order valence-corrected chi connectivity index (χ1v) is 6.33. The Morgan fingerprint density at radius 1 is 1.59 bits per heavy atom. The predicted octanol–water partition coefficient (Wildman–Crippen LogP) is 1.14. The SMILES string of the molecule is CCOC1CC(NCCc2ncn[nH]2)C1(C)C. The van der Waals surface area contributed by atoms with E-state index in [9.17, 15) is 0 Å². The normalized spacial score (nSPS) is 26.8. The Labute approximate surface area is 102 Å². The Kier molecular flexibility index (Phi) is 3.79. The van der Waals surface area contributed by atoms with Gasteiger partial charge >= 0.3 is 0 Å². The van der Waals surface area contributed by atoms with Gasteiger partial charge in [0.15, 0.2) is 0 Å². The maximum Gasteiger partial charge on any atom is 0.137 e. The zero-order valence-electron chi connectivity index (χ0n) is 10.9. The number of nitrogens with one attached hydrogen (secondary N) is 2. The van der Waals surface area contributed by atoms with Crippen molar-refractivity contribution in [3.8, 4) is 0 Å². The molecule has 1 heterocycles. The highest BCUT2D eigenvalue weighted by Crippen LogP contribution is 2.42. The van der Waals surface area contributed by atoms with Crippen molar-refractivity contribution in [2.75, 3.05) is 13.2 Å². The lowest BCUT2D eigenvalue weighted by Crippen LogP contribution is -2.61. The highest BCUT2D eigenvalue weighted by Gasteiger charge is 2.48. The van der Waals surface area contributed by atoms with Crippen LogP contribution in [0.2, 0.25) is 0 Å². The molecule has 1 aromatic rings. The van der Waals surface area contributed by atoms with Crippen LogP contribution in [0.3, 0.4) is 0 Å². The fraction of sp³-hybridized carbons (Fsp3) is 0.833. The lowest BCUT2D eigenvalue weighted by molar-refractivity contribution is -0.113. The van der Waals surface area contributed by atoms with Gasteiger partial charge in [-0.25, -0.2) is 4.98 Å². The average Bonchev–Trinajstić information content (AvgIpc) is 2.80. The molecule has 0 saturated heterocycles. The Morgan fingerprint density at radius 3 is 3.00 bits per heavy atom. The first-order chi connectivity index (χ1) is 8.14. The van der Waals surface area contributed by atoms with Gasteiger partial charge in [-0.05, 0) is 13.3 Å². The standard InChI is InChI=1S/C12H22N4O/c1-4-17-10-7-9(12(10,2)3)13-6-5-11-14-8-15-16-11/h8-10,13H,4-7H2,1-3H3,(H,14,15,16). The number of rotatable bonds is 6. The maximum absolute atomic E-state index is 5.71. The minimum Gasteiger partial charge on any atom is -0.378 e. The van der Waals surface area contributed by atoms with Crippen LogP contribution in [0.4, 0.5) is 0 Å². The molecule has 96 valence electrons. The molecule has 0 aromatic carbocycles. The van der Waals surface area contributed by atoms with Gasteiger partial charge < -0.3 is 10.1 Å². The Balaban J connectivity index is 1.71. The zero-order chi connectivity index (χ0) is 12.3.